The molecule has 3 heterocycles. The molecule has 3 aromatic rings. The average molecular weight is 370 g/mol. The van der Waals surface area contributed by atoms with Crippen LogP contribution in [0, 0.1) is 6.92 Å². The molecule has 6 nitrogen and oxygen atoms in total. The standard InChI is InChI=1S/C19H20ClN5O/c1-11-13(5-6-15(22-11)24(2)3)14-9-12(10-26)18-17(16(14)20)23-19-21-7-4-8-25(18)19/h5-6,9-10H,4,7-8H2,1-3H3,(H,21,23). The van der Waals surface area contributed by atoms with Gasteiger partial charge in [-0.1, -0.05) is 11.6 Å². The molecule has 0 saturated heterocycles. The van der Waals surface area contributed by atoms with Crippen LogP contribution in [0.15, 0.2) is 18.2 Å². The quantitative estimate of drug-likeness (QED) is 0.712. The molecule has 0 atom stereocenters. The topological polar surface area (TPSA) is 63.1 Å². The van der Waals surface area contributed by atoms with Crippen LogP contribution in [-0.4, -0.2) is 41.5 Å². The van der Waals surface area contributed by atoms with Crippen molar-refractivity contribution < 1.29 is 4.79 Å². The zero-order chi connectivity index (χ0) is 18.4. The molecule has 134 valence electrons. The number of aromatic nitrogens is 3. The van der Waals surface area contributed by atoms with E-state index in [0.717, 1.165) is 59.9 Å². The van der Waals surface area contributed by atoms with Crippen molar-refractivity contribution in [2.75, 3.05) is 30.9 Å². The number of aryl methyl sites for hydroxylation is 2. The highest BCUT2D eigenvalue weighted by Gasteiger charge is 2.22. The molecule has 2 aromatic heterocycles. The van der Waals surface area contributed by atoms with Gasteiger partial charge in [-0.25, -0.2) is 9.97 Å². The van der Waals surface area contributed by atoms with Gasteiger partial charge in [-0.15, -0.1) is 0 Å². The summed E-state index contributed by atoms with van der Waals surface area (Å²) >= 11 is 6.74. The number of benzene rings is 1. The number of halogens is 1. The summed E-state index contributed by atoms with van der Waals surface area (Å²) in [5.41, 5.74) is 4.60. The first-order valence-corrected chi connectivity index (χ1v) is 8.96. The van der Waals surface area contributed by atoms with E-state index < -0.39 is 0 Å². The van der Waals surface area contributed by atoms with Crippen molar-refractivity contribution in [3.8, 4) is 11.1 Å². The highest BCUT2D eigenvalue weighted by atomic mass is 35.5. The van der Waals surface area contributed by atoms with Crippen LogP contribution >= 0.6 is 11.6 Å². The van der Waals surface area contributed by atoms with E-state index in [1.165, 1.54) is 0 Å². The fraction of sp³-hybridized carbons (Fsp3) is 0.316. The molecule has 1 aliphatic rings. The smallest absolute Gasteiger partial charge is 0.203 e. The van der Waals surface area contributed by atoms with Crippen LogP contribution < -0.4 is 10.2 Å². The van der Waals surface area contributed by atoms with Crippen LogP contribution in [0.3, 0.4) is 0 Å². The van der Waals surface area contributed by atoms with E-state index in [1.807, 2.05) is 48.7 Å². The highest BCUT2D eigenvalue weighted by molar-refractivity contribution is 6.38. The van der Waals surface area contributed by atoms with Crippen molar-refractivity contribution >= 4 is 40.7 Å². The molecule has 1 aromatic carbocycles. The molecule has 0 spiro atoms. The van der Waals surface area contributed by atoms with Crippen LogP contribution in [-0.2, 0) is 6.54 Å². The highest BCUT2D eigenvalue weighted by Crippen LogP contribution is 2.39. The van der Waals surface area contributed by atoms with Gasteiger partial charge >= 0.3 is 0 Å². The summed E-state index contributed by atoms with van der Waals surface area (Å²) in [4.78, 5) is 23.0. The SMILES string of the molecule is Cc1nc(N(C)C)ccc1-c1cc(C=O)c2c(nc3n2CCCN3)c1Cl. The van der Waals surface area contributed by atoms with Gasteiger partial charge in [-0.2, -0.15) is 0 Å². The zero-order valence-electron chi connectivity index (χ0n) is 15.0. The van der Waals surface area contributed by atoms with Gasteiger partial charge < -0.3 is 14.8 Å². The van der Waals surface area contributed by atoms with E-state index in [0.29, 0.717) is 16.1 Å². The second kappa shape index (κ2) is 6.29. The van der Waals surface area contributed by atoms with Crippen molar-refractivity contribution in [2.45, 2.75) is 19.9 Å². The van der Waals surface area contributed by atoms with Gasteiger partial charge in [-0.3, -0.25) is 4.79 Å². The van der Waals surface area contributed by atoms with Gasteiger partial charge in [0.05, 0.1) is 10.5 Å². The third-order valence-electron chi connectivity index (χ3n) is 4.77. The molecule has 26 heavy (non-hydrogen) atoms. The molecule has 1 N–H and O–H groups in total. The number of nitrogens with one attached hydrogen (secondary N) is 1. The number of fused-ring (bicyclic) bond motifs is 3. The van der Waals surface area contributed by atoms with Crippen molar-refractivity contribution in [1.82, 2.24) is 14.5 Å². The van der Waals surface area contributed by atoms with Crippen LogP contribution in [0.4, 0.5) is 11.8 Å². The van der Waals surface area contributed by atoms with Gasteiger partial charge in [0.15, 0.2) is 6.29 Å². The van der Waals surface area contributed by atoms with E-state index in [4.69, 9.17) is 11.6 Å². The number of nitrogens with zero attached hydrogens (tertiary/aromatic N) is 4. The maximum absolute atomic E-state index is 11.8. The van der Waals surface area contributed by atoms with E-state index in [9.17, 15) is 4.79 Å². The molecule has 0 saturated carbocycles. The minimum Gasteiger partial charge on any atom is -0.363 e. The Labute approximate surface area is 156 Å². The second-order valence-corrected chi connectivity index (χ2v) is 7.08. The lowest BCUT2D eigenvalue weighted by Gasteiger charge is -2.17. The molecule has 7 heteroatoms. The Balaban J connectivity index is 1.97. The Bertz CT molecular complexity index is 1020. The van der Waals surface area contributed by atoms with E-state index in [-0.39, 0.29) is 0 Å². The van der Waals surface area contributed by atoms with Crippen molar-refractivity contribution in [3.05, 3.63) is 34.5 Å². The summed E-state index contributed by atoms with van der Waals surface area (Å²) in [6, 6.07) is 5.79. The van der Waals surface area contributed by atoms with Gasteiger partial charge in [0, 0.05) is 49.6 Å². The minimum absolute atomic E-state index is 0.553. The lowest BCUT2D eigenvalue weighted by Crippen LogP contribution is -2.17. The Morgan fingerprint density at radius 2 is 2.08 bits per heavy atom. The lowest BCUT2D eigenvalue weighted by molar-refractivity contribution is 0.112. The van der Waals surface area contributed by atoms with E-state index >= 15 is 0 Å². The van der Waals surface area contributed by atoms with Crippen molar-refractivity contribution in [1.29, 1.82) is 0 Å². The van der Waals surface area contributed by atoms with Gasteiger partial charge in [0.25, 0.3) is 0 Å². The van der Waals surface area contributed by atoms with Gasteiger partial charge in [-0.05, 0) is 31.5 Å². The molecular weight excluding hydrogens is 350 g/mol. The molecule has 0 amide bonds. The Hall–Kier alpha value is -2.60. The second-order valence-electron chi connectivity index (χ2n) is 6.71. The first-order valence-electron chi connectivity index (χ1n) is 8.58. The number of anilines is 2. The number of hydrogen-bond acceptors (Lipinski definition) is 5. The summed E-state index contributed by atoms with van der Waals surface area (Å²) in [6.07, 6.45) is 1.87. The maximum atomic E-state index is 11.8. The van der Waals surface area contributed by atoms with Crippen LogP contribution in [0.2, 0.25) is 5.02 Å². The number of aldehydes is 1. The predicted octanol–water partition coefficient (Wildman–Crippen LogP) is 3.75. The molecule has 1 aliphatic heterocycles. The lowest BCUT2D eigenvalue weighted by atomic mass is 10.0. The van der Waals surface area contributed by atoms with Crippen molar-refractivity contribution in [2.24, 2.45) is 0 Å². The van der Waals surface area contributed by atoms with Crippen molar-refractivity contribution in [3.63, 3.8) is 0 Å². The Morgan fingerprint density at radius 1 is 1.27 bits per heavy atom. The number of hydrogen-bond donors (Lipinski definition) is 1. The fourth-order valence-electron chi connectivity index (χ4n) is 3.47. The zero-order valence-corrected chi connectivity index (χ0v) is 15.8. The summed E-state index contributed by atoms with van der Waals surface area (Å²) in [5, 5.41) is 3.83. The predicted molar refractivity (Wildman–Crippen MR) is 106 cm³/mol. The number of pyridine rings is 1. The first-order chi connectivity index (χ1) is 12.5. The summed E-state index contributed by atoms with van der Waals surface area (Å²) in [7, 11) is 3.90. The molecule has 0 radical (unpaired) electrons. The largest absolute Gasteiger partial charge is 0.363 e. The summed E-state index contributed by atoms with van der Waals surface area (Å²) in [5.74, 6) is 1.65. The fourth-order valence-corrected chi connectivity index (χ4v) is 3.76. The molecule has 0 fully saturated rings. The van der Waals surface area contributed by atoms with Crippen LogP contribution in [0.25, 0.3) is 22.2 Å². The number of imidazole rings is 1. The third kappa shape index (κ3) is 2.52. The number of rotatable bonds is 3. The molecule has 4 rings (SSSR count). The minimum atomic E-state index is 0.553. The van der Waals surface area contributed by atoms with E-state index in [2.05, 4.69) is 15.3 Å². The third-order valence-corrected chi connectivity index (χ3v) is 5.16. The normalized spacial score (nSPS) is 13.4. The molecule has 0 bridgehead atoms. The number of carbonyl (C=O) groups is 1. The summed E-state index contributed by atoms with van der Waals surface area (Å²) < 4.78 is 2.04. The van der Waals surface area contributed by atoms with Gasteiger partial charge in [0.1, 0.15) is 11.3 Å². The van der Waals surface area contributed by atoms with Crippen LogP contribution in [0.1, 0.15) is 22.5 Å². The average Bonchev–Trinajstić information content (AvgIpc) is 3.03. The monoisotopic (exact) mass is 369 g/mol. The number of carbonyl (C=O) groups excluding carboxylic acids is 1. The molecule has 0 unspecified atom stereocenters. The summed E-state index contributed by atoms with van der Waals surface area (Å²) in [6.45, 7) is 3.65. The molecule has 0 aliphatic carbocycles. The Morgan fingerprint density at radius 3 is 2.77 bits per heavy atom. The Kier molecular flexibility index (Phi) is 4.07. The molecular formula is C19H20ClN5O. The van der Waals surface area contributed by atoms with E-state index in [1.54, 1.807) is 0 Å². The maximum Gasteiger partial charge on any atom is 0.203 e. The van der Waals surface area contributed by atoms with Gasteiger partial charge in [0.2, 0.25) is 5.95 Å². The van der Waals surface area contributed by atoms with Crippen LogP contribution in [0.5, 0.6) is 0 Å². The first kappa shape index (κ1) is 16.8.